The van der Waals surface area contributed by atoms with Gasteiger partial charge in [-0.05, 0) is 77.8 Å². The molecule has 0 aliphatic carbocycles. The van der Waals surface area contributed by atoms with E-state index in [-0.39, 0.29) is 16.2 Å². The average molecular weight is 511 g/mol. The minimum Gasteiger partial charge on any atom is -0.378 e. The van der Waals surface area contributed by atoms with E-state index in [0.29, 0.717) is 15.7 Å². The summed E-state index contributed by atoms with van der Waals surface area (Å²) in [6, 6.07) is 20.0. The highest BCUT2D eigenvalue weighted by Gasteiger charge is 2.18. The minimum atomic E-state index is -4.01. The minimum absolute atomic E-state index is 0.0403. The van der Waals surface area contributed by atoms with E-state index in [1.54, 1.807) is 36.4 Å². The predicted octanol–water partition coefficient (Wildman–Crippen LogP) is 5.38. The van der Waals surface area contributed by atoms with Gasteiger partial charge in [-0.2, -0.15) is 13.7 Å². The van der Waals surface area contributed by atoms with Crippen LogP contribution in [-0.4, -0.2) is 14.3 Å². The Hall–Kier alpha value is -3.41. The molecular weight excluding hydrogens is 492 g/mol. The third kappa shape index (κ3) is 5.84. The molecule has 0 aliphatic rings. The zero-order chi connectivity index (χ0) is 23.3. The second-order valence-corrected chi connectivity index (χ2v) is 9.43. The molecule has 0 unspecified atom stereocenters. The summed E-state index contributed by atoms with van der Waals surface area (Å²) in [7, 11) is -4.01. The van der Waals surface area contributed by atoms with Crippen LogP contribution in [0.1, 0.15) is 16.7 Å². The van der Waals surface area contributed by atoms with Gasteiger partial charge in [-0.1, -0.05) is 41.5 Å². The van der Waals surface area contributed by atoms with Crippen LogP contribution in [0.5, 0.6) is 5.75 Å². The van der Waals surface area contributed by atoms with Gasteiger partial charge in [-0.25, -0.2) is 0 Å². The van der Waals surface area contributed by atoms with Crippen LogP contribution >= 0.6 is 15.9 Å². The van der Waals surface area contributed by atoms with Crippen molar-refractivity contribution >= 4 is 43.7 Å². The lowest BCUT2D eigenvalue weighted by Crippen LogP contribution is -2.13. The Morgan fingerprint density at radius 1 is 1.00 bits per heavy atom. The Morgan fingerprint density at radius 2 is 1.59 bits per heavy atom. The van der Waals surface area contributed by atoms with Crippen molar-refractivity contribution in [1.29, 1.82) is 5.26 Å². The molecule has 0 spiro atoms. The quantitative estimate of drug-likeness (QED) is 0.272. The summed E-state index contributed by atoms with van der Waals surface area (Å²) < 4.78 is 30.6. The molecule has 0 radical (unpaired) electrons. The number of carbonyl (C=O) groups excluding carboxylic acids is 1. The number of rotatable bonds is 6. The molecule has 0 fully saturated rings. The maximum absolute atomic E-state index is 12.5. The topological polar surface area (TPSA) is 96.3 Å². The van der Waals surface area contributed by atoms with E-state index in [4.69, 9.17) is 4.18 Å². The van der Waals surface area contributed by atoms with Gasteiger partial charge in [0.25, 0.3) is 5.91 Å². The lowest BCUT2D eigenvalue weighted by molar-refractivity contribution is -0.112. The van der Waals surface area contributed by atoms with Crippen molar-refractivity contribution in [2.45, 2.75) is 18.7 Å². The van der Waals surface area contributed by atoms with E-state index in [2.05, 4.69) is 21.2 Å². The molecule has 1 amide bonds. The molecule has 162 valence electrons. The first-order valence-corrected chi connectivity index (χ1v) is 11.7. The first-order valence-electron chi connectivity index (χ1n) is 9.48. The number of aryl methyl sites for hydroxylation is 2. The summed E-state index contributed by atoms with van der Waals surface area (Å²) >= 11 is 3.29. The fourth-order valence-corrected chi connectivity index (χ4v) is 4.23. The number of nitrogens with one attached hydrogen (secondary N) is 1. The Balaban J connectivity index is 1.79. The summed E-state index contributed by atoms with van der Waals surface area (Å²) in [5.41, 5.74) is 2.98. The van der Waals surface area contributed by atoms with Crippen LogP contribution in [0.25, 0.3) is 6.08 Å². The van der Waals surface area contributed by atoms with Crippen molar-refractivity contribution in [3.63, 3.8) is 0 Å². The van der Waals surface area contributed by atoms with Crippen LogP contribution in [-0.2, 0) is 14.9 Å². The molecule has 8 heteroatoms. The second kappa shape index (κ2) is 9.81. The van der Waals surface area contributed by atoms with Gasteiger partial charge in [0.2, 0.25) is 0 Å². The average Bonchev–Trinajstić information content (AvgIpc) is 2.75. The molecule has 32 heavy (non-hydrogen) atoms. The van der Waals surface area contributed by atoms with Crippen LogP contribution in [0, 0.1) is 25.2 Å². The third-order valence-corrected chi connectivity index (χ3v) is 6.32. The zero-order valence-corrected chi connectivity index (χ0v) is 19.7. The van der Waals surface area contributed by atoms with Crippen LogP contribution < -0.4 is 9.50 Å². The standard InChI is InChI=1S/C24H19BrN2O4S/c1-16-3-8-20(9-4-16)27-24(28)19(15-26)13-18-7-12-23(22(25)14-18)31-32(29,30)21-10-5-17(2)6-11-21/h3-14H,1-2H3,(H,27,28)/b19-13+. The van der Waals surface area contributed by atoms with E-state index in [1.807, 2.05) is 32.0 Å². The zero-order valence-electron chi connectivity index (χ0n) is 17.3. The van der Waals surface area contributed by atoms with Crippen molar-refractivity contribution in [3.05, 3.63) is 93.5 Å². The SMILES string of the molecule is Cc1ccc(NC(=O)/C(C#N)=C/c2ccc(OS(=O)(=O)c3ccc(C)cc3)c(Br)c2)cc1. The smallest absolute Gasteiger partial charge is 0.339 e. The summed E-state index contributed by atoms with van der Waals surface area (Å²) in [4.78, 5) is 12.5. The molecule has 6 nitrogen and oxygen atoms in total. The lowest BCUT2D eigenvalue weighted by atomic mass is 10.1. The number of carbonyl (C=O) groups is 1. The highest BCUT2D eigenvalue weighted by Crippen LogP contribution is 2.30. The number of hydrogen-bond donors (Lipinski definition) is 1. The van der Waals surface area contributed by atoms with Gasteiger partial charge < -0.3 is 9.50 Å². The van der Waals surface area contributed by atoms with E-state index < -0.39 is 16.0 Å². The van der Waals surface area contributed by atoms with E-state index in [1.165, 1.54) is 24.3 Å². The normalized spacial score (nSPS) is 11.5. The van der Waals surface area contributed by atoms with Gasteiger partial charge in [0, 0.05) is 5.69 Å². The fourth-order valence-electron chi connectivity index (χ4n) is 2.70. The van der Waals surface area contributed by atoms with Gasteiger partial charge in [-0.3, -0.25) is 4.79 Å². The molecule has 0 atom stereocenters. The molecule has 3 aromatic carbocycles. The molecule has 0 heterocycles. The number of nitrogens with zero attached hydrogens (tertiary/aromatic N) is 1. The molecule has 0 saturated carbocycles. The predicted molar refractivity (Wildman–Crippen MR) is 127 cm³/mol. The lowest BCUT2D eigenvalue weighted by Gasteiger charge is -2.10. The maximum atomic E-state index is 12.5. The third-order valence-electron chi connectivity index (χ3n) is 4.45. The highest BCUT2D eigenvalue weighted by atomic mass is 79.9. The number of halogens is 1. The summed E-state index contributed by atoms with van der Waals surface area (Å²) in [5.74, 6) is -0.458. The molecule has 3 aromatic rings. The molecule has 1 N–H and O–H groups in total. The maximum Gasteiger partial charge on any atom is 0.339 e. The number of hydrogen-bond acceptors (Lipinski definition) is 5. The molecule has 0 aliphatic heterocycles. The summed E-state index contributed by atoms with van der Waals surface area (Å²) in [6.07, 6.45) is 1.41. The van der Waals surface area contributed by atoms with E-state index >= 15 is 0 Å². The van der Waals surface area contributed by atoms with Gasteiger partial charge in [0.1, 0.15) is 16.5 Å². The Morgan fingerprint density at radius 3 is 2.16 bits per heavy atom. The monoisotopic (exact) mass is 510 g/mol. The first kappa shape index (κ1) is 23.3. The molecule has 0 saturated heterocycles. The number of benzene rings is 3. The van der Waals surface area contributed by atoms with Crippen molar-refractivity contribution in [2.75, 3.05) is 5.32 Å². The van der Waals surface area contributed by atoms with Crippen molar-refractivity contribution in [3.8, 4) is 11.8 Å². The first-order chi connectivity index (χ1) is 15.2. The second-order valence-electron chi connectivity index (χ2n) is 7.03. The van der Waals surface area contributed by atoms with Gasteiger partial charge in [-0.15, -0.1) is 0 Å². The van der Waals surface area contributed by atoms with E-state index in [0.717, 1.165) is 11.1 Å². The van der Waals surface area contributed by atoms with Gasteiger partial charge in [0.05, 0.1) is 4.47 Å². The van der Waals surface area contributed by atoms with Crippen molar-refractivity contribution < 1.29 is 17.4 Å². The van der Waals surface area contributed by atoms with Gasteiger partial charge in [0.15, 0.2) is 5.75 Å². The van der Waals surface area contributed by atoms with Gasteiger partial charge >= 0.3 is 10.1 Å². The number of anilines is 1. The van der Waals surface area contributed by atoms with Crippen LogP contribution in [0.2, 0.25) is 0 Å². The fraction of sp³-hybridized carbons (Fsp3) is 0.0833. The Labute approximate surface area is 195 Å². The number of nitriles is 1. The molecule has 0 aromatic heterocycles. The Bertz CT molecular complexity index is 1320. The summed E-state index contributed by atoms with van der Waals surface area (Å²) in [5, 5.41) is 12.1. The largest absolute Gasteiger partial charge is 0.378 e. The molecular formula is C24H19BrN2O4S. The van der Waals surface area contributed by atoms with Crippen LogP contribution in [0.15, 0.2) is 81.7 Å². The van der Waals surface area contributed by atoms with E-state index in [9.17, 15) is 18.5 Å². The summed E-state index contributed by atoms with van der Waals surface area (Å²) in [6.45, 7) is 3.79. The van der Waals surface area contributed by atoms with Crippen LogP contribution in [0.3, 0.4) is 0 Å². The van der Waals surface area contributed by atoms with Crippen LogP contribution in [0.4, 0.5) is 5.69 Å². The van der Waals surface area contributed by atoms with Crippen molar-refractivity contribution in [2.24, 2.45) is 0 Å². The Kier molecular flexibility index (Phi) is 7.13. The molecule has 3 rings (SSSR count). The van der Waals surface area contributed by atoms with Crippen molar-refractivity contribution in [1.82, 2.24) is 0 Å². The number of amides is 1. The molecule has 0 bridgehead atoms. The highest BCUT2D eigenvalue weighted by molar-refractivity contribution is 9.10.